The lowest BCUT2D eigenvalue weighted by Crippen LogP contribution is -2.25. The number of ether oxygens (including phenoxy) is 1. The van der Waals surface area contributed by atoms with Gasteiger partial charge in [-0.25, -0.2) is 0 Å². The Bertz CT molecular complexity index is 141. The Kier molecular flexibility index (Phi) is 7.77. The summed E-state index contributed by atoms with van der Waals surface area (Å²) in [6, 6.07) is 0. The van der Waals surface area contributed by atoms with Crippen LogP contribution in [0.2, 0.25) is 0 Å². The zero-order valence-corrected chi connectivity index (χ0v) is 9.84. The number of aldehydes is 1. The molecule has 0 fully saturated rings. The van der Waals surface area contributed by atoms with Crippen LogP contribution in [0.25, 0.3) is 0 Å². The molecule has 0 aliphatic heterocycles. The molecule has 0 saturated heterocycles. The maximum atomic E-state index is 10.3. The molecule has 2 heteroatoms. The van der Waals surface area contributed by atoms with Crippen LogP contribution in [0.3, 0.4) is 0 Å². The van der Waals surface area contributed by atoms with Gasteiger partial charge in [-0.15, -0.1) is 0 Å². The highest BCUT2D eigenvalue weighted by Crippen LogP contribution is 2.13. The predicted octanol–water partition coefficient (Wildman–Crippen LogP) is 3.34. The molecule has 0 atom stereocenters. The first-order valence-electron chi connectivity index (χ1n) is 5.70. The fourth-order valence-electron chi connectivity index (χ4n) is 1.31. The Labute approximate surface area is 88.0 Å². The van der Waals surface area contributed by atoms with Crippen LogP contribution in [0.4, 0.5) is 0 Å². The summed E-state index contributed by atoms with van der Waals surface area (Å²) in [6.45, 7) is 6.93. The summed E-state index contributed by atoms with van der Waals surface area (Å²) in [5, 5.41) is 0. The van der Waals surface area contributed by atoms with Crippen molar-refractivity contribution >= 4 is 6.29 Å². The van der Waals surface area contributed by atoms with Gasteiger partial charge in [-0.1, -0.05) is 32.6 Å². The Balaban J connectivity index is 3.30. The third kappa shape index (κ3) is 8.24. The highest BCUT2D eigenvalue weighted by Gasteiger charge is 2.16. The maximum Gasteiger partial charge on any atom is 0.122 e. The molecule has 0 rings (SSSR count). The van der Waals surface area contributed by atoms with E-state index in [0.29, 0.717) is 6.42 Å². The fraction of sp³-hybridized carbons (Fsp3) is 0.917. The smallest absolute Gasteiger partial charge is 0.122 e. The molecule has 0 amide bonds. The first kappa shape index (κ1) is 13.6. The first-order chi connectivity index (χ1) is 6.62. The molecule has 0 aromatic carbocycles. The third-order valence-corrected chi connectivity index (χ3v) is 2.32. The van der Waals surface area contributed by atoms with Gasteiger partial charge in [-0.2, -0.15) is 0 Å². The molecule has 0 saturated carbocycles. The minimum Gasteiger partial charge on any atom is -0.375 e. The van der Waals surface area contributed by atoms with Crippen molar-refractivity contribution in [2.45, 2.75) is 64.9 Å². The zero-order chi connectivity index (χ0) is 10.9. The number of carbonyl (C=O) groups is 1. The largest absolute Gasteiger partial charge is 0.375 e. The van der Waals surface area contributed by atoms with Crippen molar-refractivity contribution in [1.82, 2.24) is 0 Å². The number of hydrogen-bond donors (Lipinski definition) is 0. The van der Waals surface area contributed by atoms with Crippen LogP contribution in [0, 0.1) is 0 Å². The molecule has 0 aliphatic rings. The number of rotatable bonds is 9. The van der Waals surface area contributed by atoms with Gasteiger partial charge in [0.15, 0.2) is 0 Å². The van der Waals surface area contributed by atoms with E-state index in [1.165, 1.54) is 25.7 Å². The number of hydrogen-bond acceptors (Lipinski definition) is 2. The van der Waals surface area contributed by atoms with E-state index in [4.69, 9.17) is 4.74 Å². The maximum absolute atomic E-state index is 10.3. The molecule has 0 aromatic heterocycles. The number of carbonyl (C=O) groups excluding carboxylic acids is 1. The van der Waals surface area contributed by atoms with Crippen molar-refractivity contribution in [2.24, 2.45) is 0 Å². The summed E-state index contributed by atoms with van der Waals surface area (Å²) < 4.78 is 5.62. The van der Waals surface area contributed by atoms with E-state index in [9.17, 15) is 4.79 Å². The predicted molar refractivity (Wildman–Crippen MR) is 59.5 cm³/mol. The van der Waals surface area contributed by atoms with Crippen molar-refractivity contribution in [3.8, 4) is 0 Å². The van der Waals surface area contributed by atoms with Gasteiger partial charge in [0, 0.05) is 13.0 Å². The molecule has 14 heavy (non-hydrogen) atoms. The lowest BCUT2D eigenvalue weighted by atomic mass is 10.1. The molecular weight excluding hydrogens is 176 g/mol. The van der Waals surface area contributed by atoms with Gasteiger partial charge in [-0.05, 0) is 20.3 Å². The van der Waals surface area contributed by atoms with Gasteiger partial charge in [0.1, 0.15) is 6.29 Å². The van der Waals surface area contributed by atoms with Crippen molar-refractivity contribution in [1.29, 1.82) is 0 Å². The van der Waals surface area contributed by atoms with Crippen LogP contribution in [0.1, 0.15) is 59.3 Å². The van der Waals surface area contributed by atoms with E-state index in [-0.39, 0.29) is 5.60 Å². The summed E-state index contributed by atoms with van der Waals surface area (Å²) in [6.07, 6.45) is 7.66. The first-order valence-corrected chi connectivity index (χ1v) is 5.70. The average molecular weight is 200 g/mol. The topological polar surface area (TPSA) is 26.3 Å². The molecule has 0 bridgehead atoms. The van der Waals surface area contributed by atoms with E-state index >= 15 is 0 Å². The Morgan fingerprint density at radius 3 is 2.36 bits per heavy atom. The SMILES string of the molecule is CCCCCCCOC(C)(C)CC=O. The van der Waals surface area contributed by atoms with Gasteiger partial charge >= 0.3 is 0 Å². The van der Waals surface area contributed by atoms with Gasteiger partial charge in [0.2, 0.25) is 0 Å². The van der Waals surface area contributed by atoms with E-state index in [1.54, 1.807) is 0 Å². The van der Waals surface area contributed by atoms with Crippen molar-refractivity contribution in [3.05, 3.63) is 0 Å². The monoisotopic (exact) mass is 200 g/mol. The second-order valence-electron chi connectivity index (χ2n) is 4.39. The molecule has 0 aliphatic carbocycles. The van der Waals surface area contributed by atoms with Crippen molar-refractivity contribution in [3.63, 3.8) is 0 Å². The van der Waals surface area contributed by atoms with Crippen LogP contribution in [0.15, 0.2) is 0 Å². The standard InChI is InChI=1S/C12H24O2/c1-4-5-6-7-8-11-14-12(2,3)9-10-13/h10H,4-9,11H2,1-3H3. The van der Waals surface area contributed by atoms with E-state index in [1.807, 2.05) is 13.8 Å². The van der Waals surface area contributed by atoms with Gasteiger partial charge in [0.25, 0.3) is 0 Å². The molecule has 0 aromatic rings. The van der Waals surface area contributed by atoms with Crippen LogP contribution in [0.5, 0.6) is 0 Å². The Morgan fingerprint density at radius 2 is 1.79 bits per heavy atom. The second kappa shape index (κ2) is 7.98. The average Bonchev–Trinajstić information content (AvgIpc) is 2.11. The van der Waals surface area contributed by atoms with Crippen molar-refractivity contribution < 1.29 is 9.53 Å². The summed E-state index contributed by atoms with van der Waals surface area (Å²) in [5.74, 6) is 0. The van der Waals surface area contributed by atoms with Crippen LogP contribution in [-0.4, -0.2) is 18.5 Å². The lowest BCUT2D eigenvalue weighted by Gasteiger charge is -2.22. The lowest BCUT2D eigenvalue weighted by molar-refractivity contribution is -0.113. The normalized spacial score (nSPS) is 11.6. The molecule has 0 heterocycles. The highest BCUT2D eigenvalue weighted by molar-refractivity contribution is 5.51. The van der Waals surface area contributed by atoms with E-state index in [2.05, 4.69) is 6.92 Å². The molecule has 84 valence electrons. The fourth-order valence-corrected chi connectivity index (χ4v) is 1.31. The van der Waals surface area contributed by atoms with Gasteiger partial charge in [-0.3, -0.25) is 0 Å². The van der Waals surface area contributed by atoms with Crippen LogP contribution >= 0.6 is 0 Å². The van der Waals surface area contributed by atoms with E-state index in [0.717, 1.165) is 19.3 Å². The van der Waals surface area contributed by atoms with Crippen LogP contribution < -0.4 is 0 Å². The number of unbranched alkanes of at least 4 members (excludes halogenated alkanes) is 4. The van der Waals surface area contributed by atoms with Gasteiger partial charge < -0.3 is 9.53 Å². The molecule has 0 N–H and O–H groups in total. The zero-order valence-electron chi connectivity index (χ0n) is 9.84. The summed E-state index contributed by atoms with van der Waals surface area (Å²) in [4.78, 5) is 10.3. The summed E-state index contributed by atoms with van der Waals surface area (Å²) in [5.41, 5.74) is -0.271. The van der Waals surface area contributed by atoms with E-state index < -0.39 is 0 Å². The molecule has 0 radical (unpaired) electrons. The highest BCUT2D eigenvalue weighted by atomic mass is 16.5. The summed E-state index contributed by atoms with van der Waals surface area (Å²) in [7, 11) is 0. The molecular formula is C12H24O2. The van der Waals surface area contributed by atoms with Crippen molar-refractivity contribution in [2.75, 3.05) is 6.61 Å². The second-order valence-corrected chi connectivity index (χ2v) is 4.39. The third-order valence-electron chi connectivity index (χ3n) is 2.32. The molecule has 0 unspecified atom stereocenters. The Morgan fingerprint density at radius 1 is 1.14 bits per heavy atom. The summed E-state index contributed by atoms with van der Waals surface area (Å²) >= 11 is 0. The minimum atomic E-state index is -0.271. The quantitative estimate of drug-likeness (QED) is 0.421. The van der Waals surface area contributed by atoms with Gasteiger partial charge in [0.05, 0.1) is 5.60 Å². The Hall–Kier alpha value is -0.370. The molecule has 0 spiro atoms. The van der Waals surface area contributed by atoms with Crippen LogP contribution in [-0.2, 0) is 9.53 Å². The molecule has 2 nitrogen and oxygen atoms in total. The minimum absolute atomic E-state index is 0.271.